The number of nitrogens with one attached hydrogen (secondary N) is 1. The van der Waals surface area contributed by atoms with Crippen molar-refractivity contribution in [2.75, 3.05) is 18.1 Å². The third-order valence-electron chi connectivity index (χ3n) is 3.80. The fraction of sp³-hybridized carbons (Fsp3) is 0.167. The van der Waals surface area contributed by atoms with E-state index in [1.165, 1.54) is 0 Å². The minimum absolute atomic E-state index is 0.0998. The minimum Gasteiger partial charge on any atom is -0.323 e. The van der Waals surface area contributed by atoms with E-state index in [1.807, 2.05) is 24.3 Å². The molecule has 0 spiro atoms. The van der Waals surface area contributed by atoms with Crippen molar-refractivity contribution in [1.82, 2.24) is 14.3 Å². The van der Waals surface area contributed by atoms with Crippen molar-refractivity contribution in [3.05, 3.63) is 66.6 Å². The summed E-state index contributed by atoms with van der Waals surface area (Å²) in [5.74, 6) is -0.428. The lowest BCUT2D eigenvalue weighted by Crippen LogP contribution is -2.36. The van der Waals surface area contributed by atoms with Crippen molar-refractivity contribution in [2.24, 2.45) is 0 Å². The van der Waals surface area contributed by atoms with E-state index in [9.17, 15) is 13.2 Å². The van der Waals surface area contributed by atoms with Gasteiger partial charge in [-0.3, -0.25) is 14.8 Å². The number of fused-ring (bicyclic) bond motifs is 1. The lowest BCUT2D eigenvalue weighted by atomic mass is 10.2. The maximum atomic E-state index is 12.4. The van der Waals surface area contributed by atoms with Crippen molar-refractivity contribution in [2.45, 2.75) is 6.54 Å². The van der Waals surface area contributed by atoms with Gasteiger partial charge in [-0.1, -0.05) is 18.2 Å². The SMILES string of the molecule is CS(=O)(=O)N(CC(=O)Nc1cccc2cccnc12)Cc1ccncc1. The lowest BCUT2D eigenvalue weighted by Gasteiger charge is -2.19. The molecule has 1 N–H and O–H groups in total. The van der Waals surface area contributed by atoms with Crippen molar-refractivity contribution >= 4 is 32.5 Å². The number of hydrogen-bond donors (Lipinski definition) is 1. The van der Waals surface area contributed by atoms with Crippen LogP contribution in [-0.2, 0) is 21.4 Å². The van der Waals surface area contributed by atoms with Gasteiger partial charge in [0.15, 0.2) is 0 Å². The Morgan fingerprint density at radius 2 is 1.81 bits per heavy atom. The number of carbonyl (C=O) groups is 1. The van der Waals surface area contributed by atoms with Crippen LogP contribution in [0.2, 0.25) is 0 Å². The molecule has 3 aromatic rings. The summed E-state index contributed by atoms with van der Waals surface area (Å²) in [4.78, 5) is 20.6. The van der Waals surface area contributed by atoms with E-state index < -0.39 is 15.9 Å². The molecule has 0 radical (unpaired) electrons. The van der Waals surface area contributed by atoms with E-state index in [4.69, 9.17) is 0 Å². The fourth-order valence-electron chi connectivity index (χ4n) is 2.54. The third kappa shape index (κ3) is 4.41. The largest absolute Gasteiger partial charge is 0.323 e. The van der Waals surface area contributed by atoms with Gasteiger partial charge in [-0.2, -0.15) is 4.31 Å². The molecule has 3 rings (SSSR count). The molecule has 0 aliphatic rings. The fourth-order valence-corrected chi connectivity index (χ4v) is 3.27. The van der Waals surface area contributed by atoms with Gasteiger partial charge >= 0.3 is 0 Å². The molecule has 0 saturated heterocycles. The maximum Gasteiger partial charge on any atom is 0.239 e. The second kappa shape index (κ2) is 7.59. The molecule has 1 aromatic carbocycles. The lowest BCUT2D eigenvalue weighted by molar-refractivity contribution is -0.116. The van der Waals surface area contributed by atoms with Crippen LogP contribution in [0.25, 0.3) is 10.9 Å². The van der Waals surface area contributed by atoms with Gasteiger partial charge in [-0.25, -0.2) is 8.42 Å². The van der Waals surface area contributed by atoms with E-state index in [0.29, 0.717) is 11.2 Å². The van der Waals surface area contributed by atoms with Gasteiger partial charge in [-0.15, -0.1) is 0 Å². The van der Waals surface area contributed by atoms with Crippen molar-refractivity contribution in [3.63, 3.8) is 0 Å². The summed E-state index contributed by atoms with van der Waals surface area (Å²) in [6, 6.07) is 12.6. The van der Waals surface area contributed by atoms with Crippen LogP contribution in [0.3, 0.4) is 0 Å². The summed E-state index contributed by atoms with van der Waals surface area (Å²) in [6.45, 7) is -0.188. The summed E-state index contributed by atoms with van der Waals surface area (Å²) >= 11 is 0. The zero-order valence-electron chi connectivity index (χ0n) is 14.2. The Balaban J connectivity index is 1.77. The average molecular weight is 370 g/mol. The molecule has 8 heteroatoms. The Labute approximate surface area is 151 Å². The molecule has 0 aliphatic carbocycles. The Kier molecular flexibility index (Phi) is 5.24. The number of carbonyl (C=O) groups excluding carboxylic acids is 1. The Hall–Kier alpha value is -2.84. The monoisotopic (exact) mass is 370 g/mol. The highest BCUT2D eigenvalue weighted by Gasteiger charge is 2.21. The topological polar surface area (TPSA) is 92.3 Å². The average Bonchev–Trinajstić information content (AvgIpc) is 2.61. The van der Waals surface area contributed by atoms with Gasteiger partial charge in [0.1, 0.15) is 0 Å². The maximum absolute atomic E-state index is 12.4. The van der Waals surface area contributed by atoms with Crippen LogP contribution >= 0.6 is 0 Å². The molecule has 2 aromatic heterocycles. The van der Waals surface area contributed by atoms with Gasteiger partial charge in [0.05, 0.1) is 24.0 Å². The predicted octanol–water partition coefficient (Wildman–Crippen LogP) is 2.03. The first-order valence-corrected chi connectivity index (χ1v) is 9.76. The van der Waals surface area contributed by atoms with Crippen LogP contribution in [-0.4, -0.2) is 41.4 Å². The Morgan fingerprint density at radius 3 is 2.54 bits per heavy atom. The highest BCUT2D eigenvalue weighted by molar-refractivity contribution is 7.88. The minimum atomic E-state index is -3.56. The zero-order chi connectivity index (χ0) is 18.6. The van der Waals surface area contributed by atoms with Crippen LogP contribution in [0.4, 0.5) is 5.69 Å². The van der Waals surface area contributed by atoms with E-state index in [0.717, 1.165) is 21.5 Å². The highest BCUT2D eigenvalue weighted by atomic mass is 32.2. The van der Waals surface area contributed by atoms with E-state index in [2.05, 4.69) is 15.3 Å². The van der Waals surface area contributed by atoms with Crippen molar-refractivity contribution < 1.29 is 13.2 Å². The smallest absolute Gasteiger partial charge is 0.239 e. The van der Waals surface area contributed by atoms with Crippen LogP contribution in [0.5, 0.6) is 0 Å². The Morgan fingerprint density at radius 1 is 1.08 bits per heavy atom. The zero-order valence-corrected chi connectivity index (χ0v) is 15.0. The highest BCUT2D eigenvalue weighted by Crippen LogP contribution is 2.20. The molecule has 0 fully saturated rings. The summed E-state index contributed by atoms with van der Waals surface area (Å²) in [6.07, 6.45) is 5.89. The number of sulfonamides is 1. The first-order chi connectivity index (χ1) is 12.4. The summed E-state index contributed by atoms with van der Waals surface area (Å²) < 4.78 is 25.2. The molecular weight excluding hydrogens is 352 g/mol. The number of hydrogen-bond acceptors (Lipinski definition) is 5. The van der Waals surface area contributed by atoms with Crippen LogP contribution in [0.1, 0.15) is 5.56 Å². The van der Waals surface area contributed by atoms with E-state index in [1.54, 1.807) is 36.8 Å². The number of amides is 1. The number of benzene rings is 1. The normalized spacial score (nSPS) is 11.6. The van der Waals surface area contributed by atoms with E-state index >= 15 is 0 Å². The van der Waals surface area contributed by atoms with Gasteiger partial charge in [0.25, 0.3) is 0 Å². The van der Waals surface area contributed by atoms with Crippen LogP contribution in [0.15, 0.2) is 61.1 Å². The molecule has 1 amide bonds. The molecule has 2 heterocycles. The molecule has 0 saturated carbocycles. The first-order valence-electron chi connectivity index (χ1n) is 7.91. The third-order valence-corrected chi connectivity index (χ3v) is 5.00. The van der Waals surface area contributed by atoms with Gasteiger partial charge in [0, 0.05) is 30.5 Å². The first kappa shape index (κ1) is 18.0. The second-order valence-corrected chi connectivity index (χ2v) is 7.80. The molecule has 0 atom stereocenters. The molecule has 134 valence electrons. The number of pyridine rings is 2. The standard InChI is InChI=1S/C18H18N4O3S/c1-26(24,25)22(12-14-7-10-19-11-8-14)13-17(23)21-16-6-2-4-15-5-3-9-20-18(15)16/h2-11H,12-13H2,1H3,(H,21,23). The summed E-state index contributed by atoms with van der Waals surface area (Å²) in [5, 5.41) is 3.64. The number of para-hydroxylation sites is 1. The predicted molar refractivity (Wildman–Crippen MR) is 99.9 cm³/mol. The summed E-state index contributed by atoms with van der Waals surface area (Å²) in [7, 11) is -3.56. The van der Waals surface area contributed by atoms with Crippen molar-refractivity contribution in [3.8, 4) is 0 Å². The van der Waals surface area contributed by atoms with Crippen LogP contribution in [0, 0.1) is 0 Å². The van der Waals surface area contributed by atoms with Crippen LogP contribution < -0.4 is 5.32 Å². The Bertz CT molecular complexity index is 1020. The molecule has 0 aliphatic heterocycles. The molecule has 7 nitrogen and oxygen atoms in total. The number of aromatic nitrogens is 2. The van der Waals surface area contributed by atoms with Gasteiger partial charge in [0.2, 0.25) is 15.9 Å². The quantitative estimate of drug-likeness (QED) is 0.717. The molecular formula is C18H18N4O3S. The molecule has 0 unspecified atom stereocenters. The number of anilines is 1. The molecule has 26 heavy (non-hydrogen) atoms. The summed E-state index contributed by atoms with van der Waals surface area (Å²) in [5.41, 5.74) is 1.96. The van der Waals surface area contributed by atoms with Gasteiger partial charge in [-0.05, 0) is 29.8 Å². The number of nitrogens with zero attached hydrogens (tertiary/aromatic N) is 3. The van der Waals surface area contributed by atoms with Gasteiger partial charge < -0.3 is 5.32 Å². The second-order valence-electron chi connectivity index (χ2n) is 5.82. The van der Waals surface area contributed by atoms with Crippen molar-refractivity contribution in [1.29, 1.82) is 0 Å². The number of rotatable bonds is 6. The van der Waals surface area contributed by atoms with E-state index in [-0.39, 0.29) is 13.1 Å². The molecule has 0 bridgehead atoms.